The number of rotatable bonds is 13. The average Bonchev–Trinajstić information content (AvgIpc) is 3.03. The molecule has 0 aliphatic carbocycles. The number of hydrogen-bond acceptors (Lipinski definition) is 4. The molecule has 0 spiro atoms. The third kappa shape index (κ3) is 8.92. The molecule has 2 unspecified atom stereocenters. The van der Waals surface area contributed by atoms with E-state index in [1.807, 2.05) is 68.4 Å². The predicted molar refractivity (Wildman–Crippen MR) is 187 cm³/mol. The lowest BCUT2D eigenvalue weighted by Crippen LogP contribution is -2.54. The zero-order valence-electron chi connectivity index (χ0n) is 24.6. The lowest BCUT2D eigenvalue weighted by molar-refractivity contribution is -0.140. The maximum Gasteiger partial charge on any atom is 0.264 e. The van der Waals surface area contributed by atoms with Crippen LogP contribution in [0.4, 0.5) is 5.69 Å². The molecule has 2 amide bonds. The second-order valence-corrected chi connectivity index (χ2v) is 14.5. The van der Waals surface area contributed by atoms with E-state index >= 15 is 0 Å². The number of benzene rings is 4. The van der Waals surface area contributed by atoms with E-state index in [2.05, 4.69) is 43.8 Å². The van der Waals surface area contributed by atoms with Crippen molar-refractivity contribution >= 4 is 66.0 Å². The van der Waals surface area contributed by atoms with Crippen LogP contribution in [0.5, 0.6) is 0 Å². The Morgan fingerprint density at radius 2 is 1.43 bits per heavy atom. The van der Waals surface area contributed by atoms with Crippen LogP contribution in [0, 0.1) is 3.57 Å². The number of halogens is 2. The molecule has 4 rings (SSSR count). The number of hydrogen-bond donors (Lipinski definition) is 1. The smallest absolute Gasteiger partial charge is 0.264 e. The Morgan fingerprint density at radius 1 is 0.841 bits per heavy atom. The Labute approximate surface area is 282 Å². The topological polar surface area (TPSA) is 86.8 Å². The number of nitrogens with zero attached hydrogens (tertiary/aromatic N) is 2. The molecule has 0 radical (unpaired) electrons. The minimum Gasteiger partial charge on any atom is -0.352 e. The Kier molecular flexibility index (Phi) is 12.0. The first-order chi connectivity index (χ1) is 21.1. The van der Waals surface area contributed by atoms with E-state index in [4.69, 9.17) is 0 Å². The van der Waals surface area contributed by atoms with Gasteiger partial charge in [0.25, 0.3) is 10.0 Å². The van der Waals surface area contributed by atoms with Crippen molar-refractivity contribution in [2.24, 2.45) is 0 Å². The van der Waals surface area contributed by atoms with E-state index in [0.29, 0.717) is 5.69 Å². The fraction of sp³-hybridized carbons (Fsp3) is 0.235. The molecule has 0 saturated carbocycles. The Bertz CT molecular complexity index is 1640. The van der Waals surface area contributed by atoms with Crippen molar-refractivity contribution in [3.63, 3.8) is 0 Å². The maximum atomic E-state index is 14.5. The van der Waals surface area contributed by atoms with Crippen molar-refractivity contribution in [1.82, 2.24) is 10.2 Å². The minimum absolute atomic E-state index is 0.0705. The van der Waals surface area contributed by atoms with Gasteiger partial charge in [-0.3, -0.25) is 13.9 Å². The largest absolute Gasteiger partial charge is 0.352 e. The summed E-state index contributed by atoms with van der Waals surface area (Å²) < 4.78 is 31.0. The highest BCUT2D eigenvalue weighted by Crippen LogP contribution is 2.26. The van der Waals surface area contributed by atoms with Crippen LogP contribution in [0.15, 0.2) is 119 Å². The lowest BCUT2D eigenvalue weighted by atomic mass is 10.0. The summed E-state index contributed by atoms with van der Waals surface area (Å²) in [4.78, 5) is 29.9. The van der Waals surface area contributed by atoms with Crippen LogP contribution in [0.25, 0.3) is 0 Å². The van der Waals surface area contributed by atoms with Crippen molar-refractivity contribution in [3.8, 4) is 0 Å². The highest BCUT2D eigenvalue weighted by molar-refractivity contribution is 14.1. The lowest BCUT2D eigenvalue weighted by Gasteiger charge is -2.34. The van der Waals surface area contributed by atoms with E-state index in [9.17, 15) is 18.0 Å². The van der Waals surface area contributed by atoms with Crippen molar-refractivity contribution in [2.45, 2.75) is 50.2 Å². The molecule has 2 atom stereocenters. The highest BCUT2D eigenvalue weighted by atomic mass is 127. The van der Waals surface area contributed by atoms with Gasteiger partial charge in [0, 0.05) is 27.1 Å². The van der Waals surface area contributed by atoms with Gasteiger partial charge in [-0.1, -0.05) is 83.5 Å². The molecule has 0 fully saturated rings. The maximum absolute atomic E-state index is 14.5. The number of sulfonamides is 1. The normalized spacial score (nSPS) is 12.6. The van der Waals surface area contributed by atoms with E-state index in [-0.39, 0.29) is 29.8 Å². The van der Waals surface area contributed by atoms with Crippen LogP contribution >= 0.6 is 38.5 Å². The molecule has 1 N–H and O–H groups in total. The second kappa shape index (κ2) is 15.7. The average molecular weight is 789 g/mol. The van der Waals surface area contributed by atoms with Crippen LogP contribution in [-0.2, 0) is 32.6 Å². The molecular formula is C34H35BrIN3O4S. The summed E-state index contributed by atoms with van der Waals surface area (Å²) in [5, 5.41) is 3.05. The molecule has 7 nitrogen and oxygen atoms in total. The quantitative estimate of drug-likeness (QED) is 0.151. The standard InChI is InChI=1S/C34H35BrIN3O4S/c1-3-25(2)37-34(41)32(22-26-10-6-4-7-11-26)38(23-27-14-16-28(35)17-15-27)33(40)24-39(30-20-18-29(36)19-21-30)44(42,43)31-12-8-5-9-13-31/h4-21,25,32H,3,22-24H2,1-2H3,(H,37,41). The zero-order valence-corrected chi connectivity index (χ0v) is 29.1. The predicted octanol–water partition coefficient (Wildman–Crippen LogP) is 6.80. The molecule has 0 heterocycles. The van der Waals surface area contributed by atoms with Crippen LogP contribution in [0.1, 0.15) is 31.4 Å². The summed E-state index contributed by atoms with van der Waals surface area (Å²) in [6.07, 6.45) is 0.987. The Balaban J connectivity index is 1.79. The summed E-state index contributed by atoms with van der Waals surface area (Å²) in [5.74, 6) is -0.786. The summed E-state index contributed by atoms with van der Waals surface area (Å²) in [5.41, 5.74) is 2.05. The molecule has 4 aromatic carbocycles. The molecule has 0 aliphatic rings. The van der Waals surface area contributed by atoms with Crippen molar-refractivity contribution in [3.05, 3.63) is 128 Å². The van der Waals surface area contributed by atoms with Gasteiger partial charge in [0.15, 0.2) is 0 Å². The second-order valence-electron chi connectivity index (χ2n) is 10.5. The van der Waals surface area contributed by atoms with Gasteiger partial charge in [-0.2, -0.15) is 0 Å². The first-order valence-corrected chi connectivity index (χ1v) is 17.6. The fourth-order valence-corrected chi connectivity index (χ4v) is 6.70. The van der Waals surface area contributed by atoms with E-state index in [1.54, 1.807) is 42.5 Å². The van der Waals surface area contributed by atoms with Crippen LogP contribution in [0.2, 0.25) is 0 Å². The van der Waals surface area contributed by atoms with E-state index in [1.165, 1.54) is 17.0 Å². The van der Waals surface area contributed by atoms with Crippen LogP contribution in [-0.4, -0.2) is 43.8 Å². The van der Waals surface area contributed by atoms with Crippen LogP contribution < -0.4 is 9.62 Å². The summed E-state index contributed by atoms with van der Waals surface area (Å²) in [7, 11) is -4.13. The summed E-state index contributed by atoms with van der Waals surface area (Å²) >= 11 is 5.61. The van der Waals surface area contributed by atoms with Gasteiger partial charge in [0.05, 0.1) is 10.6 Å². The van der Waals surface area contributed by atoms with Crippen molar-refractivity contribution in [1.29, 1.82) is 0 Å². The molecule has 44 heavy (non-hydrogen) atoms. The van der Waals surface area contributed by atoms with Gasteiger partial charge >= 0.3 is 0 Å². The third-order valence-corrected chi connectivity index (χ3v) is 10.3. The number of nitrogens with one attached hydrogen (secondary N) is 1. The van der Waals surface area contributed by atoms with Crippen molar-refractivity contribution < 1.29 is 18.0 Å². The summed E-state index contributed by atoms with van der Waals surface area (Å²) in [6, 6.07) is 31.1. The van der Waals surface area contributed by atoms with Gasteiger partial charge in [-0.15, -0.1) is 0 Å². The molecular weight excluding hydrogens is 753 g/mol. The fourth-order valence-electron chi connectivity index (χ4n) is 4.64. The number of carbonyl (C=O) groups excluding carboxylic acids is 2. The molecule has 0 saturated heterocycles. The number of amides is 2. The number of carbonyl (C=O) groups is 2. The molecule has 230 valence electrons. The summed E-state index contributed by atoms with van der Waals surface area (Å²) in [6.45, 7) is 3.53. The van der Waals surface area contributed by atoms with Gasteiger partial charge in [-0.25, -0.2) is 8.42 Å². The first kappa shape index (κ1) is 33.7. The molecule has 4 aromatic rings. The Morgan fingerprint density at radius 3 is 2.02 bits per heavy atom. The SMILES string of the molecule is CCC(C)NC(=O)C(Cc1ccccc1)N(Cc1ccc(Br)cc1)C(=O)CN(c1ccc(I)cc1)S(=O)(=O)c1ccccc1. The molecule has 0 aliphatic heterocycles. The minimum atomic E-state index is -4.13. The van der Waals surface area contributed by atoms with Crippen LogP contribution in [0.3, 0.4) is 0 Å². The van der Waals surface area contributed by atoms with Gasteiger partial charge in [0.1, 0.15) is 12.6 Å². The Hall–Kier alpha value is -3.22. The highest BCUT2D eigenvalue weighted by Gasteiger charge is 2.35. The molecule has 0 bridgehead atoms. The molecule has 10 heteroatoms. The van der Waals surface area contributed by atoms with Gasteiger partial charge in [-0.05, 0) is 95.6 Å². The first-order valence-electron chi connectivity index (χ1n) is 14.3. The monoisotopic (exact) mass is 787 g/mol. The van der Waals surface area contributed by atoms with E-state index < -0.39 is 28.5 Å². The van der Waals surface area contributed by atoms with Crippen molar-refractivity contribution in [2.75, 3.05) is 10.8 Å². The van der Waals surface area contributed by atoms with E-state index in [0.717, 1.165) is 29.9 Å². The van der Waals surface area contributed by atoms with Gasteiger partial charge in [0.2, 0.25) is 11.8 Å². The molecule has 0 aromatic heterocycles. The number of anilines is 1. The zero-order chi connectivity index (χ0) is 31.7. The third-order valence-electron chi connectivity index (χ3n) is 7.26. The van der Waals surface area contributed by atoms with Gasteiger partial charge < -0.3 is 10.2 Å².